The van der Waals surface area contributed by atoms with Crippen LogP contribution in [0.25, 0.3) is 0 Å². The summed E-state index contributed by atoms with van der Waals surface area (Å²) in [5.41, 5.74) is -0.671. The lowest BCUT2D eigenvalue weighted by Crippen LogP contribution is -2.26. The molecule has 0 unspecified atom stereocenters. The van der Waals surface area contributed by atoms with E-state index in [1.165, 1.54) is 30.3 Å². The number of nitrogens with one attached hydrogen (secondary N) is 1. The first-order valence-corrected chi connectivity index (χ1v) is 8.77. The Hall–Kier alpha value is -3.81. The topological polar surface area (TPSA) is 75.6 Å². The second-order valence-electron chi connectivity index (χ2n) is 6.31. The highest BCUT2D eigenvalue weighted by molar-refractivity contribution is 5.98. The summed E-state index contributed by atoms with van der Waals surface area (Å²) < 4.78 is 44.1. The maximum Gasteiger partial charge on any atom is 0.416 e. The van der Waals surface area contributed by atoms with Crippen molar-refractivity contribution in [2.75, 3.05) is 5.32 Å². The molecule has 1 amide bonds. The Morgan fingerprint density at radius 3 is 2.27 bits per heavy atom. The summed E-state index contributed by atoms with van der Waals surface area (Å²) in [6, 6.07) is 17.6. The lowest BCUT2D eigenvalue weighted by Gasteiger charge is -2.18. The van der Waals surface area contributed by atoms with E-state index in [0.29, 0.717) is 5.56 Å². The zero-order valence-electron chi connectivity index (χ0n) is 15.4. The fourth-order valence-corrected chi connectivity index (χ4v) is 2.69. The summed E-state index contributed by atoms with van der Waals surface area (Å²) in [6.07, 6.45) is -5.99. The third kappa shape index (κ3) is 5.16. The molecule has 0 bridgehead atoms. The standard InChI is InChI=1S/C22H16F3NO4/c23-22(24,25)16-9-5-10-17(13-16)26-20(28)19(14-6-2-1-3-7-14)30-21(29)15-8-4-11-18(27)12-15/h1-13,19,27H,(H,26,28)/t19-/m1/s1. The molecule has 0 radical (unpaired) electrons. The van der Waals surface area contributed by atoms with Gasteiger partial charge in [-0.1, -0.05) is 42.5 Å². The Bertz CT molecular complexity index is 1050. The number of phenols is 1. The van der Waals surface area contributed by atoms with Crippen LogP contribution in [0.5, 0.6) is 5.75 Å². The number of hydrogen-bond donors (Lipinski definition) is 2. The predicted molar refractivity (Wildman–Crippen MR) is 103 cm³/mol. The molecule has 154 valence electrons. The van der Waals surface area contributed by atoms with Gasteiger partial charge in [-0.25, -0.2) is 4.79 Å². The Balaban J connectivity index is 1.86. The van der Waals surface area contributed by atoms with E-state index < -0.39 is 29.7 Å². The number of rotatable bonds is 5. The monoisotopic (exact) mass is 415 g/mol. The first-order chi connectivity index (χ1) is 14.2. The summed E-state index contributed by atoms with van der Waals surface area (Å²) >= 11 is 0. The minimum atomic E-state index is -4.57. The van der Waals surface area contributed by atoms with Crippen LogP contribution in [0.3, 0.4) is 0 Å². The SMILES string of the molecule is O=C(O[C@@H](C(=O)Nc1cccc(C(F)(F)F)c1)c1ccccc1)c1cccc(O)c1. The number of carbonyl (C=O) groups is 2. The first-order valence-electron chi connectivity index (χ1n) is 8.77. The van der Waals surface area contributed by atoms with E-state index in [0.717, 1.165) is 18.2 Å². The van der Waals surface area contributed by atoms with Crippen LogP contribution in [0.15, 0.2) is 78.9 Å². The number of aromatic hydroxyl groups is 1. The van der Waals surface area contributed by atoms with Crippen LogP contribution in [0.1, 0.15) is 27.6 Å². The molecule has 1 atom stereocenters. The molecule has 0 fully saturated rings. The molecule has 3 aromatic rings. The van der Waals surface area contributed by atoms with Crippen LogP contribution in [0.4, 0.5) is 18.9 Å². The largest absolute Gasteiger partial charge is 0.508 e. The number of benzene rings is 3. The lowest BCUT2D eigenvalue weighted by atomic mass is 10.1. The third-order valence-corrected chi connectivity index (χ3v) is 4.10. The van der Waals surface area contributed by atoms with Gasteiger partial charge in [-0.2, -0.15) is 13.2 Å². The third-order valence-electron chi connectivity index (χ3n) is 4.10. The predicted octanol–water partition coefficient (Wildman–Crippen LogP) is 4.95. The van der Waals surface area contributed by atoms with Crippen molar-refractivity contribution in [2.45, 2.75) is 12.3 Å². The molecule has 0 saturated heterocycles. The molecule has 5 nitrogen and oxygen atoms in total. The molecule has 0 aromatic heterocycles. The van der Waals surface area contributed by atoms with Crippen LogP contribution in [0, 0.1) is 0 Å². The number of amides is 1. The van der Waals surface area contributed by atoms with Gasteiger partial charge in [0.15, 0.2) is 0 Å². The number of anilines is 1. The first kappa shape index (κ1) is 20.9. The minimum Gasteiger partial charge on any atom is -0.508 e. The molecule has 30 heavy (non-hydrogen) atoms. The molecule has 0 spiro atoms. The van der Waals surface area contributed by atoms with Crippen molar-refractivity contribution in [1.82, 2.24) is 0 Å². The molecule has 0 aliphatic rings. The number of halogens is 3. The number of carbonyl (C=O) groups excluding carboxylic acids is 2. The zero-order chi connectivity index (χ0) is 21.7. The van der Waals surface area contributed by atoms with Crippen molar-refractivity contribution in [3.63, 3.8) is 0 Å². The summed E-state index contributed by atoms with van der Waals surface area (Å²) in [4.78, 5) is 25.2. The fourth-order valence-electron chi connectivity index (χ4n) is 2.69. The second-order valence-corrected chi connectivity index (χ2v) is 6.31. The van der Waals surface area contributed by atoms with E-state index in [1.54, 1.807) is 30.3 Å². The highest BCUT2D eigenvalue weighted by atomic mass is 19.4. The molecule has 0 saturated carbocycles. The van der Waals surface area contributed by atoms with Crippen LogP contribution in [-0.4, -0.2) is 17.0 Å². The smallest absolute Gasteiger partial charge is 0.416 e. The second kappa shape index (κ2) is 8.69. The average Bonchev–Trinajstić information content (AvgIpc) is 2.72. The van der Waals surface area contributed by atoms with Gasteiger partial charge in [-0.3, -0.25) is 4.79 Å². The highest BCUT2D eigenvalue weighted by Crippen LogP contribution is 2.31. The highest BCUT2D eigenvalue weighted by Gasteiger charge is 2.31. The van der Waals surface area contributed by atoms with Gasteiger partial charge < -0.3 is 15.2 Å². The van der Waals surface area contributed by atoms with Crippen molar-refractivity contribution in [3.8, 4) is 5.75 Å². The van der Waals surface area contributed by atoms with E-state index in [4.69, 9.17) is 4.74 Å². The van der Waals surface area contributed by atoms with Crippen molar-refractivity contribution in [1.29, 1.82) is 0 Å². The lowest BCUT2D eigenvalue weighted by molar-refractivity contribution is -0.137. The van der Waals surface area contributed by atoms with Gasteiger partial charge in [-0.15, -0.1) is 0 Å². The van der Waals surface area contributed by atoms with Gasteiger partial charge in [0.1, 0.15) is 5.75 Å². The quantitative estimate of drug-likeness (QED) is 0.579. The zero-order valence-corrected chi connectivity index (χ0v) is 15.4. The molecule has 0 heterocycles. The van der Waals surface area contributed by atoms with Crippen LogP contribution >= 0.6 is 0 Å². The van der Waals surface area contributed by atoms with Crippen LogP contribution in [-0.2, 0) is 15.7 Å². The molecule has 0 aliphatic carbocycles. The summed E-state index contributed by atoms with van der Waals surface area (Å²) in [5.74, 6) is -1.86. The summed E-state index contributed by atoms with van der Waals surface area (Å²) in [5, 5.41) is 11.9. The Morgan fingerprint density at radius 2 is 1.60 bits per heavy atom. The van der Waals surface area contributed by atoms with E-state index >= 15 is 0 Å². The van der Waals surface area contributed by atoms with Gasteiger partial charge in [0.25, 0.3) is 5.91 Å². The van der Waals surface area contributed by atoms with Gasteiger partial charge in [-0.05, 0) is 36.4 Å². The molecular formula is C22H16F3NO4. The van der Waals surface area contributed by atoms with Crippen molar-refractivity contribution in [2.24, 2.45) is 0 Å². The van der Waals surface area contributed by atoms with E-state index in [-0.39, 0.29) is 17.0 Å². The molecule has 3 rings (SSSR count). The minimum absolute atomic E-state index is 0.0165. The van der Waals surface area contributed by atoms with Crippen molar-refractivity contribution >= 4 is 17.6 Å². The van der Waals surface area contributed by atoms with E-state index in [1.807, 2.05) is 0 Å². The number of ether oxygens (including phenoxy) is 1. The molecule has 3 aromatic carbocycles. The maximum absolute atomic E-state index is 12.9. The maximum atomic E-state index is 12.9. The van der Waals surface area contributed by atoms with Crippen LogP contribution < -0.4 is 5.32 Å². The van der Waals surface area contributed by atoms with Gasteiger partial charge in [0, 0.05) is 11.3 Å². The molecule has 0 aliphatic heterocycles. The van der Waals surface area contributed by atoms with E-state index in [2.05, 4.69) is 5.32 Å². The summed E-state index contributed by atoms with van der Waals surface area (Å²) in [7, 11) is 0. The number of alkyl halides is 3. The van der Waals surface area contributed by atoms with Gasteiger partial charge in [0.2, 0.25) is 6.10 Å². The number of phenolic OH excluding ortho intramolecular Hbond substituents is 1. The fraction of sp³-hybridized carbons (Fsp3) is 0.0909. The average molecular weight is 415 g/mol. The van der Waals surface area contributed by atoms with Crippen LogP contribution in [0.2, 0.25) is 0 Å². The molecular weight excluding hydrogens is 399 g/mol. The van der Waals surface area contributed by atoms with E-state index in [9.17, 15) is 27.9 Å². The van der Waals surface area contributed by atoms with Gasteiger partial charge >= 0.3 is 12.1 Å². The van der Waals surface area contributed by atoms with Gasteiger partial charge in [0.05, 0.1) is 11.1 Å². The Morgan fingerprint density at radius 1 is 0.900 bits per heavy atom. The normalized spacial score (nSPS) is 12.1. The summed E-state index contributed by atoms with van der Waals surface area (Å²) in [6.45, 7) is 0. The Labute approximate surface area is 169 Å². The number of hydrogen-bond acceptors (Lipinski definition) is 4. The molecule has 8 heteroatoms. The Kier molecular flexibility index (Phi) is 6.06. The molecule has 2 N–H and O–H groups in total. The van der Waals surface area contributed by atoms with Crippen molar-refractivity contribution in [3.05, 3.63) is 95.6 Å². The number of esters is 1. The van der Waals surface area contributed by atoms with Crippen molar-refractivity contribution < 1.29 is 32.6 Å².